The lowest BCUT2D eigenvalue weighted by Gasteiger charge is -2.40. The third-order valence-corrected chi connectivity index (χ3v) is 9.70. The van der Waals surface area contributed by atoms with Crippen molar-refractivity contribution in [3.05, 3.63) is 85.1 Å². The van der Waals surface area contributed by atoms with Crippen LogP contribution in [-0.4, -0.2) is 87.5 Å². The highest BCUT2D eigenvalue weighted by Crippen LogP contribution is 2.22. The van der Waals surface area contributed by atoms with Gasteiger partial charge >= 0.3 is 0 Å². The van der Waals surface area contributed by atoms with Gasteiger partial charge in [0, 0.05) is 6.42 Å². The summed E-state index contributed by atoms with van der Waals surface area (Å²) in [5.74, 6) is -0.275. The molecule has 1 saturated heterocycles. The minimum Gasteiger partial charge on any atom is -0.394 e. The fourth-order valence-corrected chi connectivity index (χ4v) is 6.20. The Bertz CT molecular complexity index is 1140. The molecular formula is C47H79NO8. The van der Waals surface area contributed by atoms with Crippen LogP contribution in [0.4, 0.5) is 0 Å². The predicted octanol–water partition coefficient (Wildman–Crippen LogP) is 8.77. The fourth-order valence-electron chi connectivity index (χ4n) is 6.20. The molecule has 0 saturated carbocycles. The number of allylic oxidation sites excluding steroid dienone is 13. The van der Waals surface area contributed by atoms with Crippen molar-refractivity contribution < 1.29 is 39.8 Å². The zero-order valence-electron chi connectivity index (χ0n) is 34.8. The van der Waals surface area contributed by atoms with E-state index in [1.54, 1.807) is 6.08 Å². The third kappa shape index (κ3) is 27.1. The molecule has 7 unspecified atom stereocenters. The van der Waals surface area contributed by atoms with Crippen LogP contribution >= 0.6 is 0 Å². The Morgan fingerprint density at radius 3 is 1.70 bits per heavy atom. The zero-order valence-corrected chi connectivity index (χ0v) is 34.8. The molecule has 0 aromatic rings. The van der Waals surface area contributed by atoms with Crippen molar-refractivity contribution in [1.82, 2.24) is 5.32 Å². The van der Waals surface area contributed by atoms with E-state index in [9.17, 15) is 30.3 Å². The van der Waals surface area contributed by atoms with Crippen molar-refractivity contribution >= 4 is 5.91 Å². The maximum Gasteiger partial charge on any atom is 0.220 e. The van der Waals surface area contributed by atoms with Crippen molar-refractivity contribution in [3.8, 4) is 0 Å². The Morgan fingerprint density at radius 1 is 0.625 bits per heavy atom. The number of hydrogen-bond donors (Lipinski definition) is 6. The Hall–Kier alpha value is -2.63. The summed E-state index contributed by atoms with van der Waals surface area (Å²) in [6.45, 7) is 3.56. The standard InChI is InChI=1S/C47H79NO8/c1-3-5-7-9-11-13-15-17-18-19-20-21-22-23-25-26-28-30-32-34-36-41(50)40(39-55-47-46(54)45(53)44(52)42(38-49)56-47)48-43(51)37-35-33-31-29-27-24-16-14-12-10-8-6-4-2/h6,8,12,14,21-22,24,26-28,31,33-34,36,40-42,44-47,49-50,52-54H,3-5,7,9-11,13,15-20,23,25,29-30,32,35,37-39H2,1-2H3,(H,48,51)/b8-6-,14-12-,22-21+,27-24-,28-26+,33-31-,36-34+. The average molecular weight is 786 g/mol. The molecule has 1 amide bonds. The van der Waals surface area contributed by atoms with Crippen molar-refractivity contribution in [3.63, 3.8) is 0 Å². The SMILES string of the molecule is CC/C=C\C/C=C\C/C=C\C/C=C\CCC(=O)NC(COC1OC(CO)C(O)C(O)C1O)C(O)/C=C/CC/C=C/CC/C=C/CCCCCCCCCCCC. The minimum atomic E-state index is -1.59. The lowest BCUT2D eigenvalue weighted by Crippen LogP contribution is -2.60. The first-order valence-corrected chi connectivity index (χ1v) is 21.8. The molecule has 6 N–H and O–H groups in total. The normalized spacial score (nSPS) is 22.0. The smallest absolute Gasteiger partial charge is 0.220 e. The molecule has 0 aliphatic carbocycles. The summed E-state index contributed by atoms with van der Waals surface area (Å²) < 4.78 is 11.1. The second kappa shape index (κ2) is 36.7. The summed E-state index contributed by atoms with van der Waals surface area (Å²) in [6.07, 6.45) is 43.6. The number of carbonyl (C=O) groups excluding carboxylic acids is 1. The number of nitrogens with one attached hydrogen (secondary N) is 1. The molecule has 1 heterocycles. The molecule has 1 aliphatic rings. The Kier molecular flexibility index (Phi) is 33.7. The van der Waals surface area contributed by atoms with E-state index in [0.717, 1.165) is 51.4 Å². The number of unbranched alkanes of at least 4 members (excludes halogenated alkanes) is 12. The van der Waals surface area contributed by atoms with Gasteiger partial charge in [0.25, 0.3) is 0 Å². The number of amides is 1. The van der Waals surface area contributed by atoms with Crippen LogP contribution in [0.5, 0.6) is 0 Å². The van der Waals surface area contributed by atoms with Gasteiger partial charge in [-0.15, -0.1) is 0 Å². The van der Waals surface area contributed by atoms with Gasteiger partial charge in [-0.3, -0.25) is 4.79 Å². The second-order valence-corrected chi connectivity index (χ2v) is 14.7. The topological polar surface area (TPSA) is 149 Å². The first-order chi connectivity index (χ1) is 27.3. The summed E-state index contributed by atoms with van der Waals surface area (Å²) in [6, 6.07) is -0.869. The molecule has 0 spiro atoms. The molecule has 0 aromatic heterocycles. The molecule has 9 nitrogen and oxygen atoms in total. The molecule has 9 heteroatoms. The number of carbonyl (C=O) groups is 1. The van der Waals surface area contributed by atoms with Crippen LogP contribution in [0.15, 0.2) is 85.1 Å². The zero-order chi connectivity index (χ0) is 40.9. The quantitative estimate of drug-likeness (QED) is 0.0280. The van der Waals surface area contributed by atoms with Gasteiger partial charge in [0.05, 0.1) is 25.4 Å². The summed E-state index contributed by atoms with van der Waals surface area (Å²) in [7, 11) is 0. The molecule has 1 rings (SSSR count). The van der Waals surface area contributed by atoms with E-state index < -0.39 is 49.5 Å². The molecule has 56 heavy (non-hydrogen) atoms. The Balaban J connectivity index is 2.47. The van der Waals surface area contributed by atoms with Gasteiger partial charge in [0.2, 0.25) is 5.91 Å². The second-order valence-electron chi connectivity index (χ2n) is 14.7. The first-order valence-electron chi connectivity index (χ1n) is 21.8. The molecule has 1 fully saturated rings. The number of ether oxygens (including phenoxy) is 2. The van der Waals surface area contributed by atoms with Crippen LogP contribution in [0, 0.1) is 0 Å². The lowest BCUT2D eigenvalue weighted by atomic mass is 9.99. The maximum absolute atomic E-state index is 12.9. The van der Waals surface area contributed by atoms with Gasteiger partial charge in [-0.1, -0.05) is 157 Å². The van der Waals surface area contributed by atoms with E-state index >= 15 is 0 Å². The van der Waals surface area contributed by atoms with Crippen LogP contribution < -0.4 is 5.32 Å². The summed E-state index contributed by atoms with van der Waals surface area (Å²) in [5, 5.41) is 54.0. The van der Waals surface area contributed by atoms with Gasteiger partial charge < -0.3 is 40.3 Å². The van der Waals surface area contributed by atoms with E-state index in [-0.39, 0.29) is 18.9 Å². The first kappa shape index (κ1) is 51.4. The Labute approximate surface area is 340 Å². The average Bonchev–Trinajstić information content (AvgIpc) is 3.20. The molecule has 0 aromatic carbocycles. The predicted molar refractivity (Wildman–Crippen MR) is 230 cm³/mol. The maximum atomic E-state index is 12.9. The van der Waals surface area contributed by atoms with Crippen molar-refractivity contribution in [2.75, 3.05) is 13.2 Å². The van der Waals surface area contributed by atoms with E-state index in [4.69, 9.17) is 9.47 Å². The van der Waals surface area contributed by atoms with Gasteiger partial charge in [0.15, 0.2) is 6.29 Å². The summed E-state index contributed by atoms with van der Waals surface area (Å²) in [5.41, 5.74) is 0. The monoisotopic (exact) mass is 786 g/mol. The largest absolute Gasteiger partial charge is 0.394 e. The highest BCUT2D eigenvalue weighted by molar-refractivity contribution is 5.76. The van der Waals surface area contributed by atoms with E-state index in [2.05, 4.69) is 79.9 Å². The van der Waals surface area contributed by atoms with Crippen molar-refractivity contribution in [1.29, 1.82) is 0 Å². The molecular weight excluding hydrogens is 707 g/mol. The van der Waals surface area contributed by atoms with Crippen molar-refractivity contribution in [2.45, 2.75) is 192 Å². The lowest BCUT2D eigenvalue weighted by molar-refractivity contribution is -0.302. The highest BCUT2D eigenvalue weighted by atomic mass is 16.7. The minimum absolute atomic E-state index is 0.209. The molecule has 320 valence electrons. The van der Waals surface area contributed by atoms with Gasteiger partial charge in [-0.25, -0.2) is 0 Å². The van der Waals surface area contributed by atoms with Gasteiger partial charge in [-0.2, -0.15) is 0 Å². The summed E-state index contributed by atoms with van der Waals surface area (Å²) in [4.78, 5) is 12.9. The van der Waals surface area contributed by atoms with Crippen LogP contribution in [-0.2, 0) is 14.3 Å². The molecule has 0 radical (unpaired) electrons. The van der Waals surface area contributed by atoms with Crippen LogP contribution in [0.1, 0.15) is 149 Å². The summed E-state index contributed by atoms with van der Waals surface area (Å²) >= 11 is 0. The fraction of sp³-hybridized carbons (Fsp3) is 0.681. The number of aliphatic hydroxyl groups excluding tert-OH is 5. The number of rotatable bonds is 34. The van der Waals surface area contributed by atoms with Crippen LogP contribution in [0.2, 0.25) is 0 Å². The Morgan fingerprint density at radius 2 is 1.12 bits per heavy atom. The third-order valence-electron chi connectivity index (χ3n) is 9.70. The van der Waals surface area contributed by atoms with E-state index in [1.165, 1.54) is 64.2 Å². The molecule has 7 atom stereocenters. The van der Waals surface area contributed by atoms with E-state index in [0.29, 0.717) is 12.8 Å². The molecule has 0 bridgehead atoms. The number of hydrogen-bond acceptors (Lipinski definition) is 8. The van der Waals surface area contributed by atoms with Crippen molar-refractivity contribution in [2.24, 2.45) is 0 Å². The molecule has 1 aliphatic heterocycles. The number of aliphatic hydroxyl groups is 5. The van der Waals surface area contributed by atoms with Gasteiger partial charge in [0.1, 0.15) is 24.4 Å². The van der Waals surface area contributed by atoms with Crippen LogP contribution in [0.3, 0.4) is 0 Å². The van der Waals surface area contributed by atoms with Crippen LogP contribution in [0.25, 0.3) is 0 Å². The highest BCUT2D eigenvalue weighted by Gasteiger charge is 2.44. The van der Waals surface area contributed by atoms with E-state index in [1.807, 2.05) is 18.2 Å². The van der Waals surface area contributed by atoms with Gasteiger partial charge in [-0.05, 0) is 70.6 Å².